The SMILES string of the molecule is CCCCCC(=O)OCC(COC(=O)CCCCC)OC(=O)NCNC(CCCCN)C(=O)OC. The van der Waals surface area contributed by atoms with Crippen LogP contribution in [0, 0.1) is 0 Å². The maximum atomic E-state index is 12.3. The summed E-state index contributed by atoms with van der Waals surface area (Å²) in [5.74, 6) is -1.25. The Labute approximate surface area is 209 Å². The minimum atomic E-state index is -0.957. The van der Waals surface area contributed by atoms with Crippen LogP contribution in [0.15, 0.2) is 0 Å². The van der Waals surface area contributed by atoms with Gasteiger partial charge in [-0.1, -0.05) is 46.0 Å². The number of alkyl carbamates (subject to hydrolysis) is 1. The lowest BCUT2D eigenvalue weighted by Gasteiger charge is -2.20. The summed E-state index contributed by atoms with van der Waals surface area (Å²) in [6.07, 6.45) is 5.98. The topological polar surface area (TPSA) is 155 Å². The van der Waals surface area contributed by atoms with E-state index in [9.17, 15) is 19.2 Å². The summed E-state index contributed by atoms with van der Waals surface area (Å²) in [6, 6.07) is -0.601. The van der Waals surface area contributed by atoms with Gasteiger partial charge >= 0.3 is 24.0 Å². The van der Waals surface area contributed by atoms with E-state index in [0.29, 0.717) is 25.8 Å². The van der Waals surface area contributed by atoms with Crippen molar-refractivity contribution in [2.24, 2.45) is 5.73 Å². The maximum absolute atomic E-state index is 12.3. The molecule has 11 heteroatoms. The molecule has 1 unspecified atom stereocenters. The van der Waals surface area contributed by atoms with E-state index >= 15 is 0 Å². The Morgan fingerprint density at radius 2 is 1.40 bits per heavy atom. The summed E-state index contributed by atoms with van der Waals surface area (Å²) in [5, 5.41) is 5.38. The maximum Gasteiger partial charge on any atom is 0.408 e. The van der Waals surface area contributed by atoms with E-state index in [1.54, 1.807) is 0 Å². The lowest BCUT2D eigenvalue weighted by atomic mass is 10.1. The van der Waals surface area contributed by atoms with Crippen LogP contribution in [-0.4, -0.2) is 69.7 Å². The summed E-state index contributed by atoms with van der Waals surface area (Å²) in [4.78, 5) is 48.0. The van der Waals surface area contributed by atoms with E-state index < -0.39 is 36.1 Å². The summed E-state index contributed by atoms with van der Waals surface area (Å²) in [5.41, 5.74) is 5.48. The van der Waals surface area contributed by atoms with E-state index in [0.717, 1.165) is 38.5 Å². The van der Waals surface area contributed by atoms with E-state index in [4.69, 9.17) is 24.7 Å². The molecule has 0 saturated carbocycles. The van der Waals surface area contributed by atoms with Gasteiger partial charge in [0.25, 0.3) is 0 Å². The van der Waals surface area contributed by atoms with Crippen molar-refractivity contribution in [1.29, 1.82) is 0 Å². The first-order valence-electron chi connectivity index (χ1n) is 12.6. The van der Waals surface area contributed by atoms with Gasteiger partial charge in [0, 0.05) is 12.8 Å². The molecule has 1 amide bonds. The van der Waals surface area contributed by atoms with Crippen LogP contribution in [0.3, 0.4) is 0 Å². The van der Waals surface area contributed by atoms with Crippen molar-refractivity contribution in [1.82, 2.24) is 10.6 Å². The number of methoxy groups -OCH3 is 1. The fraction of sp³-hybridized carbons (Fsp3) is 0.833. The summed E-state index contributed by atoms with van der Waals surface area (Å²) in [7, 11) is 1.29. The number of esters is 3. The number of nitrogens with one attached hydrogen (secondary N) is 2. The number of carbonyl (C=O) groups is 4. The lowest BCUT2D eigenvalue weighted by molar-refractivity contribution is -0.152. The molecule has 0 aromatic rings. The van der Waals surface area contributed by atoms with Crippen LogP contribution in [-0.2, 0) is 33.3 Å². The largest absolute Gasteiger partial charge is 0.468 e. The van der Waals surface area contributed by atoms with Gasteiger partial charge in [0.2, 0.25) is 0 Å². The number of hydrogen-bond acceptors (Lipinski definition) is 10. The molecule has 0 rings (SSSR count). The van der Waals surface area contributed by atoms with Gasteiger partial charge in [-0.05, 0) is 32.2 Å². The third kappa shape index (κ3) is 18.6. The molecule has 1 atom stereocenters. The van der Waals surface area contributed by atoms with Crippen molar-refractivity contribution in [3.63, 3.8) is 0 Å². The first kappa shape index (κ1) is 32.6. The number of unbranched alkanes of at least 4 members (excludes halogenated alkanes) is 5. The third-order valence-corrected chi connectivity index (χ3v) is 5.12. The Kier molecular flexibility index (Phi) is 20.6. The monoisotopic (exact) mass is 503 g/mol. The highest BCUT2D eigenvalue weighted by Gasteiger charge is 2.21. The zero-order valence-corrected chi connectivity index (χ0v) is 21.6. The van der Waals surface area contributed by atoms with Crippen molar-refractivity contribution in [2.75, 3.05) is 33.5 Å². The highest BCUT2D eigenvalue weighted by atomic mass is 16.6. The van der Waals surface area contributed by atoms with Crippen molar-refractivity contribution in [3.8, 4) is 0 Å². The standard InChI is InChI=1S/C24H45N3O8/c1-4-6-8-13-21(28)33-16-19(17-34-22(29)14-9-7-5-2)35-24(31)27-18-26-20(23(30)32-3)12-10-11-15-25/h19-20,26H,4-18,25H2,1-3H3,(H,27,31). The molecule has 0 spiro atoms. The molecule has 0 aromatic heterocycles. The van der Waals surface area contributed by atoms with Crippen molar-refractivity contribution in [3.05, 3.63) is 0 Å². The Morgan fingerprint density at radius 1 is 0.829 bits per heavy atom. The Morgan fingerprint density at radius 3 is 1.89 bits per heavy atom. The average molecular weight is 504 g/mol. The quantitative estimate of drug-likeness (QED) is 0.0920. The first-order valence-corrected chi connectivity index (χ1v) is 12.6. The van der Waals surface area contributed by atoms with Crippen LogP contribution >= 0.6 is 0 Å². The van der Waals surface area contributed by atoms with Gasteiger partial charge in [0.15, 0.2) is 6.10 Å². The number of ether oxygens (including phenoxy) is 4. The predicted octanol–water partition coefficient (Wildman–Crippen LogP) is 2.55. The predicted molar refractivity (Wildman–Crippen MR) is 130 cm³/mol. The third-order valence-electron chi connectivity index (χ3n) is 5.12. The van der Waals surface area contributed by atoms with E-state index in [1.165, 1.54) is 7.11 Å². The second-order valence-electron chi connectivity index (χ2n) is 8.23. The van der Waals surface area contributed by atoms with Crippen LogP contribution in [0.25, 0.3) is 0 Å². The van der Waals surface area contributed by atoms with Gasteiger partial charge in [-0.25, -0.2) is 4.79 Å². The van der Waals surface area contributed by atoms with E-state index in [2.05, 4.69) is 10.6 Å². The van der Waals surface area contributed by atoms with Crippen LogP contribution < -0.4 is 16.4 Å². The highest BCUT2D eigenvalue weighted by molar-refractivity contribution is 5.75. The summed E-state index contributed by atoms with van der Waals surface area (Å²) < 4.78 is 20.5. The van der Waals surface area contributed by atoms with Crippen LogP contribution in [0.2, 0.25) is 0 Å². The van der Waals surface area contributed by atoms with Gasteiger partial charge < -0.3 is 30.0 Å². The fourth-order valence-electron chi connectivity index (χ4n) is 3.05. The van der Waals surface area contributed by atoms with Gasteiger partial charge in [-0.2, -0.15) is 0 Å². The highest BCUT2D eigenvalue weighted by Crippen LogP contribution is 2.06. The van der Waals surface area contributed by atoms with E-state index in [-0.39, 0.29) is 32.7 Å². The molecular formula is C24H45N3O8. The van der Waals surface area contributed by atoms with Crippen LogP contribution in [0.5, 0.6) is 0 Å². The molecule has 0 radical (unpaired) electrons. The van der Waals surface area contributed by atoms with Crippen molar-refractivity contribution >= 4 is 24.0 Å². The Hall–Kier alpha value is -2.40. The molecular weight excluding hydrogens is 458 g/mol. The van der Waals surface area contributed by atoms with Gasteiger partial charge in [-0.3, -0.25) is 19.7 Å². The average Bonchev–Trinajstić information content (AvgIpc) is 2.84. The molecule has 0 aliphatic carbocycles. The summed E-state index contributed by atoms with van der Waals surface area (Å²) >= 11 is 0. The molecule has 0 aromatic carbocycles. The summed E-state index contributed by atoms with van der Waals surface area (Å²) in [6.45, 7) is 4.08. The van der Waals surface area contributed by atoms with Crippen molar-refractivity contribution < 1.29 is 38.1 Å². The molecule has 11 nitrogen and oxygen atoms in total. The number of carbonyl (C=O) groups excluding carboxylic acids is 4. The smallest absolute Gasteiger partial charge is 0.408 e. The zero-order chi connectivity index (χ0) is 26.3. The molecule has 0 aliphatic rings. The Bertz CT molecular complexity index is 577. The normalized spacial score (nSPS) is 11.6. The van der Waals surface area contributed by atoms with Crippen LogP contribution in [0.4, 0.5) is 4.79 Å². The molecule has 35 heavy (non-hydrogen) atoms. The first-order chi connectivity index (χ1) is 16.9. The fourth-order valence-corrected chi connectivity index (χ4v) is 3.05. The number of hydrogen-bond donors (Lipinski definition) is 3. The molecule has 0 heterocycles. The molecule has 0 fully saturated rings. The number of nitrogens with two attached hydrogens (primary N) is 1. The molecule has 0 aliphatic heterocycles. The zero-order valence-electron chi connectivity index (χ0n) is 21.6. The molecule has 0 saturated heterocycles. The minimum absolute atomic E-state index is 0.0540. The van der Waals surface area contributed by atoms with Crippen LogP contribution in [0.1, 0.15) is 84.5 Å². The molecule has 204 valence electrons. The lowest BCUT2D eigenvalue weighted by Crippen LogP contribution is -2.45. The minimum Gasteiger partial charge on any atom is -0.468 e. The molecule has 0 bridgehead atoms. The van der Waals surface area contributed by atoms with Crippen molar-refractivity contribution in [2.45, 2.75) is 96.6 Å². The second kappa shape index (κ2) is 22.1. The van der Waals surface area contributed by atoms with Gasteiger partial charge in [0.05, 0.1) is 13.8 Å². The Balaban J connectivity index is 4.68. The molecule has 4 N–H and O–H groups in total. The number of amides is 1. The van der Waals surface area contributed by atoms with E-state index in [1.807, 2.05) is 13.8 Å². The van der Waals surface area contributed by atoms with Gasteiger partial charge in [-0.15, -0.1) is 0 Å². The second-order valence-corrected chi connectivity index (χ2v) is 8.23. The number of rotatable bonds is 21. The van der Waals surface area contributed by atoms with Gasteiger partial charge in [0.1, 0.15) is 19.3 Å².